The van der Waals surface area contributed by atoms with E-state index in [1.165, 1.54) is 49.3 Å². The van der Waals surface area contributed by atoms with Crippen molar-refractivity contribution in [3.8, 4) is 22.3 Å². The van der Waals surface area contributed by atoms with Gasteiger partial charge in [0, 0.05) is 39.8 Å². The van der Waals surface area contributed by atoms with Gasteiger partial charge in [-0.15, -0.1) is 0 Å². The Bertz CT molecular complexity index is 1260. The Labute approximate surface area is 132 Å². The van der Waals surface area contributed by atoms with Crippen molar-refractivity contribution in [3.05, 3.63) is 67.0 Å². The maximum absolute atomic E-state index is 4.53. The fourth-order valence-corrected chi connectivity index (χ4v) is 4.09. The van der Waals surface area contributed by atoms with E-state index in [1.807, 2.05) is 12.3 Å². The van der Waals surface area contributed by atoms with E-state index in [4.69, 9.17) is 0 Å². The Morgan fingerprint density at radius 1 is 0.739 bits per heavy atom. The standard InChI is InChI=1S/C21H12N2/c1-3-13-14-8-6-12-7-9-17-15(4-2-10-22-17)19(12)21(14)16-11-23-18(5-1)20(13)16/h1-11,23H. The number of aromatic amines is 1. The molecular formula is C21H12N2. The van der Waals surface area contributed by atoms with E-state index in [9.17, 15) is 0 Å². The second kappa shape index (κ2) is 3.79. The molecule has 1 N–H and O–H groups in total. The maximum Gasteiger partial charge on any atom is 0.0708 e. The van der Waals surface area contributed by atoms with Crippen LogP contribution in [0.4, 0.5) is 0 Å². The van der Waals surface area contributed by atoms with Gasteiger partial charge >= 0.3 is 0 Å². The summed E-state index contributed by atoms with van der Waals surface area (Å²) >= 11 is 0. The zero-order valence-electron chi connectivity index (χ0n) is 12.3. The predicted octanol–water partition coefficient (Wildman–Crippen LogP) is 5.52. The minimum atomic E-state index is 1.05. The van der Waals surface area contributed by atoms with Gasteiger partial charge in [0.2, 0.25) is 0 Å². The molecule has 0 fully saturated rings. The molecule has 5 aromatic rings. The minimum absolute atomic E-state index is 1.05. The molecule has 1 aliphatic rings. The van der Waals surface area contributed by atoms with Gasteiger partial charge in [0.1, 0.15) is 0 Å². The molecule has 6 rings (SSSR count). The fourth-order valence-electron chi connectivity index (χ4n) is 4.09. The van der Waals surface area contributed by atoms with Gasteiger partial charge < -0.3 is 4.98 Å². The van der Waals surface area contributed by atoms with Crippen LogP contribution in [0.25, 0.3) is 54.8 Å². The number of hydrogen-bond acceptors (Lipinski definition) is 1. The van der Waals surface area contributed by atoms with Crippen LogP contribution in [0.3, 0.4) is 0 Å². The second-order valence-electron chi connectivity index (χ2n) is 6.15. The third-order valence-corrected chi connectivity index (χ3v) is 5.03. The lowest BCUT2D eigenvalue weighted by atomic mass is 9.94. The molecule has 3 aromatic carbocycles. The molecule has 2 nitrogen and oxygen atoms in total. The summed E-state index contributed by atoms with van der Waals surface area (Å²) in [7, 11) is 0. The Hall–Kier alpha value is -3.13. The molecule has 0 radical (unpaired) electrons. The number of benzene rings is 3. The van der Waals surface area contributed by atoms with Crippen LogP contribution < -0.4 is 0 Å². The summed E-state index contributed by atoms with van der Waals surface area (Å²) in [5, 5.41) is 5.15. The number of aromatic nitrogens is 2. The molecule has 0 atom stereocenters. The van der Waals surface area contributed by atoms with E-state index in [1.54, 1.807) is 0 Å². The Balaban J connectivity index is 1.93. The SMILES string of the molecule is c1cc2c3c(c[nH]c3c1)-c1c-2ccc2ccc3ncccc3c12. The zero-order chi connectivity index (χ0) is 15.0. The number of hydrogen-bond donors (Lipinski definition) is 1. The van der Waals surface area contributed by atoms with E-state index >= 15 is 0 Å². The smallest absolute Gasteiger partial charge is 0.0708 e. The molecule has 2 heteroatoms. The lowest BCUT2D eigenvalue weighted by Gasteiger charge is -2.10. The van der Waals surface area contributed by atoms with E-state index in [0.717, 1.165) is 5.52 Å². The van der Waals surface area contributed by atoms with Crippen LogP contribution >= 0.6 is 0 Å². The highest BCUT2D eigenvalue weighted by Crippen LogP contribution is 2.51. The van der Waals surface area contributed by atoms with Gasteiger partial charge in [0.25, 0.3) is 0 Å². The fraction of sp³-hybridized carbons (Fsp3) is 0. The van der Waals surface area contributed by atoms with Crippen LogP contribution in [-0.2, 0) is 0 Å². The van der Waals surface area contributed by atoms with Crippen LogP contribution in [0.2, 0.25) is 0 Å². The van der Waals surface area contributed by atoms with Crippen LogP contribution in [0.5, 0.6) is 0 Å². The third-order valence-electron chi connectivity index (χ3n) is 5.03. The maximum atomic E-state index is 4.53. The van der Waals surface area contributed by atoms with Crippen molar-refractivity contribution in [2.45, 2.75) is 0 Å². The molecule has 106 valence electrons. The molecule has 0 aliphatic heterocycles. The lowest BCUT2D eigenvalue weighted by molar-refractivity contribution is 1.42. The molecule has 2 heterocycles. The van der Waals surface area contributed by atoms with Gasteiger partial charge in [-0.05, 0) is 40.1 Å². The van der Waals surface area contributed by atoms with Gasteiger partial charge in [-0.25, -0.2) is 0 Å². The number of fused-ring (bicyclic) bond motifs is 7. The Morgan fingerprint density at radius 2 is 1.70 bits per heavy atom. The molecule has 0 spiro atoms. The highest BCUT2D eigenvalue weighted by atomic mass is 14.7. The zero-order valence-corrected chi connectivity index (χ0v) is 12.3. The highest BCUT2D eigenvalue weighted by Gasteiger charge is 2.25. The number of rotatable bonds is 0. The van der Waals surface area contributed by atoms with Crippen LogP contribution in [-0.4, -0.2) is 9.97 Å². The van der Waals surface area contributed by atoms with Crippen molar-refractivity contribution in [1.82, 2.24) is 9.97 Å². The van der Waals surface area contributed by atoms with Gasteiger partial charge in [0.05, 0.1) is 5.52 Å². The van der Waals surface area contributed by atoms with E-state index in [-0.39, 0.29) is 0 Å². The van der Waals surface area contributed by atoms with Gasteiger partial charge in [-0.1, -0.05) is 36.4 Å². The van der Waals surface area contributed by atoms with Crippen LogP contribution in [0.15, 0.2) is 67.0 Å². The quantitative estimate of drug-likeness (QED) is 0.367. The third kappa shape index (κ3) is 1.28. The van der Waals surface area contributed by atoms with Gasteiger partial charge in [0.15, 0.2) is 0 Å². The van der Waals surface area contributed by atoms with Crippen molar-refractivity contribution in [2.75, 3.05) is 0 Å². The lowest BCUT2D eigenvalue weighted by Crippen LogP contribution is -1.85. The van der Waals surface area contributed by atoms with Gasteiger partial charge in [-0.2, -0.15) is 0 Å². The van der Waals surface area contributed by atoms with E-state index < -0.39 is 0 Å². The molecule has 0 amide bonds. The summed E-state index contributed by atoms with van der Waals surface area (Å²) in [4.78, 5) is 7.95. The molecule has 0 saturated carbocycles. The van der Waals surface area contributed by atoms with Crippen LogP contribution in [0.1, 0.15) is 0 Å². The van der Waals surface area contributed by atoms with E-state index in [2.05, 4.69) is 64.7 Å². The first-order valence-corrected chi connectivity index (χ1v) is 7.83. The topological polar surface area (TPSA) is 28.7 Å². The molecule has 0 unspecified atom stereocenters. The van der Waals surface area contributed by atoms with Crippen molar-refractivity contribution < 1.29 is 0 Å². The van der Waals surface area contributed by atoms with Crippen molar-refractivity contribution in [2.24, 2.45) is 0 Å². The summed E-state index contributed by atoms with van der Waals surface area (Å²) in [6.07, 6.45) is 4.01. The molecule has 0 bridgehead atoms. The summed E-state index contributed by atoms with van der Waals surface area (Å²) in [5.74, 6) is 0. The first kappa shape index (κ1) is 11.4. The molecular weight excluding hydrogens is 280 g/mol. The number of H-pyrrole nitrogens is 1. The number of pyridine rings is 1. The van der Waals surface area contributed by atoms with Crippen molar-refractivity contribution in [3.63, 3.8) is 0 Å². The van der Waals surface area contributed by atoms with Crippen LogP contribution in [0, 0.1) is 0 Å². The normalized spacial score (nSPS) is 12.3. The summed E-state index contributed by atoms with van der Waals surface area (Å²) in [6.45, 7) is 0. The number of nitrogens with zero attached hydrogens (tertiary/aromatic N) is 1. The Kier molecular flexibility index (Phi) is 1.89. The molecule has 1 aliphatic carbocycles. The van der Waals surface area contributed by atoms with Crippen molar-refractivity contribution >= 4 is 32.6 Å². The molecule has 2 aromatic heterocycles. The molecule has 23 heavy (non-hydrogen) atoms. The monoisotopic (exact) mass is 292 g/mol. The largest absolute Gasteiger partial charge is 0.361 e. The first-order chi connectivity index (χ1) is 11.4. The average Bonchev–Trinajstić information content (AvgIpc) is 3.18. The van der Waals surface area contributed by atoms with E-state index in [0.29, 0.717) is 0 Å². The highest BCUT2D eigenvalue weighted by molar-refractivity contribution is 6.25. The minimum Gasteiger partial charge on any atom is -0.361 e. The van der Waals surface area contributed by atoms with Crippen molar-refractivity contribution in [1.29, 1.82) is 0 Å². The predicted molar refractivity (Wildman–Crippen MR) is 95.5 cm³/mol. The summed E-state index contributed by atoms with van der Waals surface area (Å²) in [6, 6.07) is 19.5. The second-order valence-corrected chi connectivity index (χ2v) is 6.15. The Morgan fingerprint density at radius 3 is 2.70 bits per heavy atom. The summed E-state index contributed by atoms with van der Waals surface area (Å²) < 4.78 is 0. The number of nitrogens with one attached hydrogen (secondary N) is 1. The first-order valence-electron chi connectivity index (χ1n) is 7.83. The average molecular weight is 292 g/mol. The van der Waals surface area contributed by atoms with Gasteiger partial charge in [-0.3, -0.25) is 4.98 Å². The molecule has 0 saturated heterocycles. The summed E-state index contributed by atoms with van der Waals surface area (Å²) in [5.41, 5.74) is 7.58.